The van der Waals surface area contributed by atoms with Crippen molar-refractivity contribution in [1.82, 2.24) is 5.32 Å². The fourth-order valence-corrected chi connectivity index (χ4v) is 3.01. The van der Waals surface area contributed by atoms with Gasteiger partial charge < -0.3 is 19.5 Å². The number of rotatable bonds is 11. The number of esters is 2. The quantitative estimate of drug-likeness (QED) is 0.288. The van der Waals surface area contributed by atoms with Crippen molar-refractivity contribution in [2.45, 2.75) is 65.4 Å². The monoisotopic (exact) mass is 483 g/mol. The van der Waals surface area contributed by atoms with E-state index < -0.39 is 41.4 Å². The fraction of sp³-hybridized carbons (Fsp3) is 0.407. The average molecular weight is 484 g/mol. The van der Waals surface area contributed by atoms with Crippen LogP contribution in [-0.4, -0.2) is 35.5 Å². The van der Waals surface area contributed by atoms with Gasteiger partial charge in [0, 0.05) is 6.42 Å². The number of hydrogen-bond acceptors (Lipinski definition) is 7. The first-order chi connectivity index (χ1) is 16.5. The SMILES string of the molecule is CC(C(=O)CC[C@H](NC(=O)OCc1ccccc1)C(=O)OCc1ccccc1)C(=O)OC(C)(C)C. The Morgan fingerprint density at radius 1 is 0.800 bits per heavy atom. The number of ether oxygens (including phenoxy) is 3. The van der Waals surface area contributed by atoms with Crippen LogP contribution in [0.5, 0.6) is 0 Å². The van der Waals surface area contributed by atoms with E-state index in [1.54, 1.807) is 45.0 Å². The molecule has 8 heteroatoms. The van der Waals surface area contributed by atoms with E-state index in [9.17, 15) is 19.2 Å². The third-order valence-corrected chi connectivity index (χ3v) is 4.94. The Balaban J connectivity index is 1.98. The zero-order chi connectivity index (χ0) is 25.8. The Morgan fingerprint density at radius 3 is 1.83 bits per heavy atom. The Hall–Kier alpha value is -3.68. The molecule has 1 unspecified atom stereocenters. The molecule has 8 nitrogen and oxygen atoms in total. The topological polar surface area (TPSA) is 108 Å². The number of nitrogens with one attached hydrogen (secondary N) is 1. The summed E-state index contributed by atoms with van der Waals surface area (Å²) in [6, 6.07) is 17.0. The largest absolute Gasteiger partial charge is 0.459 e. The molecular formula is C27H33NO7. The molecule has 0 heterocycles. The van der Waals surface area contributed by atoms with Gasteiger partial charge in [-0.05, 0) is 45.2 Å². The van der Waals surface area contributed by atoms with Crippen LogP contribution in [0.2, 0.25) is 0 Å². The molecular weight excluding hydrogens is 450 g/mol. The molecule has 2 aromatic rings. The number of Topliss-reactive ketones (excluding diaryl/α,β-unsaturated/α-hetero) is 1. The van der Waals surface area contributed by atoms with Gasteiger partial charge in [0.15, 0.2) is 0 Å². The summed E-state index contributed by atoms with van der Waals surface area (Å²) >= 11 is 0. The van der Waals surface area contributed by atoms with Gasteiger partial charge >= 0.3 is 18.0 Å². The number of amides is 1. The molecule has 35 heavy (non-hydrogen) atoms. The van der Waals surface area contributed by atoms with E-state index in [1.165, 1.54) is 6.92 Å². The summed E-state index contributed by atoms with van der Waals surface area (Å²) in [7, 11) is 0. The Labute approximate surface area is 205 Å². The summed E-state index contributed by atoms with van der Waals surface area (Å²) in [6.07, 6.45) is -1.01. The summed E-state index contributed by atoms with van der Waals surface area (Å²) in [5.41, 5.74) is 0.840. The third kappa shape index (κ3) is 10.4. The van der Waals surface area contributed by atoms with Gasteiger partial charge in [0.2, 0.25) is 0 Å². The lowest BCUT2D eigenvalue weighted by molar-refractivity contribution is -0.161. The van der Waals surface area contributed by atoms with Crippen molar-refractivity contribution < 1.29 is 33.4 Å². The molecule has 0 bridgehead atoms. The van der Waals surface area contributed by atoms with Crippen LogP contribution < -0.4 is 5.32 Å². The molecule has 0 radical (unpaired) electrons. The minimum atomic E-state index is -1.13. The highest BCUT2D eigenvalue weighted by Crippen LogP contribution is 2.15. The van der Waals surface area contributed by atoms with Crippen LogP contribution in [0.3, 0.4) is 0 Å². The van der Waals surface area contributed by atoms with Crippen molar-refractivity contribution in [2.75, 3.05) is 0 Å². The summed E-state index contributed by atoms with van der Waals surface area (Å²) in [5.74, 6) is -2.75. The molecule has 1 N–H and O–H groups in total. The Morgan fingerprint density at radius 2 is 1.31 bits per heavy atom. The fourth-order valence-electron chi connectivity index (χ4n) is 3.01. The van der Waals surface area contributed by atoms with Crippen molar-refractivity contribution in [3.63, 3.8) is 0 Å². The van der Waals surface area contributed by atoms with Crippen molar-refractivity contribution in [3.8, 4) is 0 Å². The van der Waals surface area contributed by atoms with E-state index in [0.29, 0.717) is 0 Å². The van der Waals surface area contributed by atoms with E-state index in [1.807, 2.05) is 36.4 Å². The van der Waals surface area contributed by atoms with E-state index in [4.69, 9.17) is 14.2 Å². The minimum absolute atomic E-state index is 0.0131. The van der Waals surface area contributed by atoms with Gasteiger partial charge in [0.1, 0.15) is 36.6 Å². The normalized spacial score (nSPS) is 12.7. The highest BCUT2D eigenvalue weighted by Gasteiger charge is 2.29. The molecule has 0 aliphatic heterocycles. The molecule has 1 amide bonds. The van der Waals surface area contributed by atoms with Crippen LogP contribution in [0.25, 0.3) is 0 Å². The van der Waals surface area contributed by atoms with Gasteiger partial charge in [-0.15, -0.1) is 0 Å². The van der Waals surface area contributed by atoms with E-state index in [0.717, 1.165) is 11.1 Å². The van der Waals surface area contributed by atoms with Crippen molar-refractivity contribution in [2.24, 2.45) is 5.92 Å². The summed E-state index contributed by atoms with van der Waals surface area (Å²) < 4.78 is 15.8. The second kappa shape index (κ2) is 13.3. The Kier molecular flexibility index (Phi) is 10.5. The molecule has 0 saturated carbocycles. The van der Waals surface area contributed by atoms with Crippen LogP contribution in [-0.2, 0) is 41.8 Å². The van der Waals surface area contributed by atoms with Crippen molar-refractivity contribution in [1.29, 1.82) is 0 Å². The predicted octanol–water partition coefficient (Wildman–Crippen LogP) is 4.35. The second-order valence-electron chi connectivity index (χ2n) is 9.11. The summed E-state index contributed by atoms with van der Waals surface area (Å²) in [4.78, 5) is 49.9. The number of benzene rings is 2. The van der Waals surface area contributed by atoms with Crippen LogP contribution in [0.15, 0.2) is 60.7 Å². The molecule has 0 aliphatic rings. The maximum atomic E-state index is 12.7. The standard InChI is InChI=1S/C27H33NO7/c1-19(24(30)35-27(2,3)4)23(29)16-15-22(25(31)33-17-20-11-7-5-8-12-20)28-26(32)34-18-21-13-9-6-10-14-21/h5-14,19,22H,15-18H2,1-4H3,(H,28,32)/t19?,22-/m0/s1. The summed E-state index contributed by atoms with van der Waals surface area (Å²) in [5, 5.41) is 2.48. The average Bonchev–Trinajstić information content (AvgIpc) is 2.83. The van der Waals surface area contributed by atoms with Gasteiger partial charge in [-0.1, -0.05) is 60.7 Å². The maximum Gasteiger partial charge on any atom is 0.408 e. The molecule has 2 aromatic carbocycles. The lowest BCUT2D eigenvalue weighted by Crippen LogP contribution is -2.42. The predicted molar refractivity (Wildman–Crippen MR) is 129 cm³/mol. The number of carbonyl (C=O) groups is 4. The molecule has 0 spiro atoms. The second-order valence-corrected chi connectivity index (χ2v) is 9.11. The molecule has 2 rings (SSSR count). The highest BCUT2D eigenvalue weighted by atomic mass is 16.6. The van der Waals surface area contributed by atoms with E-state index >= 15 is 0 Å². The van der Waals surface area contributed by atoms with Crippen molar-refractivity contribution >= 4 is 23.8 Å². The third-order valence-electron chi connectivity index (χ3n) is 4.94. The molecule has 2 atom stereocenters. The molecule has 0 aromatic heterocycles. The Bertz CT molecular complexity index is 984. The van der Waals surface area contributed by atoms with Crippen LogP contribution in [0, 0.1) is 5.92 Å². The molecule has 0 aliphatic carbocycles. The summed E-state index contributed by atoms with van der Waals surface area (Å²) in [6.45, 7) is 6.64. The van der Waals surface area contributed by atoms with Crippen LogP contribution in [0.4, 0.5) is 4.79 Å². The lowest BCUT2D eigenvalue weighted by atomic mass is 9.99. The van der Waals surface area contributed by atoms with E-state index in [-0.39, 0.29) is 26.1 Å². The van der Waals surface area contributed by atoms with Crippen LogP contribution >= 0.6 is 0 Å². The number of hydrogen-bond donors (Lipinski definition) is 1. The molecule has 0 saturated heterocycles. The number of ketones is 1. The molecule has 0 fully saturated rings. The lowest BCUT2D eigenvalue weighted by Gasteiger charge is -2.22. The maximum absolute atomic E-state index is 12.7. The zero-order valence-corrected chi connectivity index (χ0v) is 20.6. The van der Waals surface area contributed by atoms with Crippen LogP contribution in [0.1, 0.15) is 51.7 Å². The smallest absolute Gasteiger partial charge is 0.408 e. The first-order valence-corrected chi connectivity index (χ1v) is 11.5. The number of carbonyl (C=O) groups excluding carboxylic acids is 4. The van der Waals surface area contributed by atoms with Gasteiger partial charge in [-0.3, -0.25) is 9.59 Å². The first kappa shape index (κ1) is 27.6. The van der Waals surface area contributed by atoms with Gasteiger partial charge in [0.05, 0.1) is 0 Å². The minimum Gasteiger partial charge on any atom is -0.459 e. The zero-order valence-electron chi connectivity index (χ0n) is 20.6. The van der Waals surface area contributed by atoms with Gasteiger partial charge in [0.25, 0.3) is 0 Å². The highest BCUT2D eigenvalue weighted by molar-refractivity contribution is 5.99. The van der Waals surface area contributed by atoms with Gasteiger partial charge in [-0.2, -0.15) is 0 Å². The first-order valence-electron chi connectivity index (χ1n) is 11.5. The number of alkyl carbamates (subject to hydrolysis) is 1. The van der Waals surface area contributed by atoms with Gasteiger partial charge in [-0.25, -0.2) is 9.59 Å². The molecule has 188 valence electrons. The van der Waals surface area contributed by atoms with Crippen molar-refractivity contribution in [3.05, 3.63) is 71.8 Å². The van der Waals surface area contributed by atoms with E-state index in [2.05, 4.69) is 5.32 Å².